The van der Waals surface area contributed by atoms with E-state index in [1.807, 2.05) is 0 Å². The minimum absolute atomic E-state index is 0.190. The van der Waals surface area contributed by atoms with Crippen molar-refractivity contribution in [2.75, 3.05) is 7.11 Å². The SMILES string of the molecule is COC(=O)c1c(C)[nH]c(C(=O)[C@@H](C)OC(=O)/C=C/c2ccc(F)cc2)c1C. The molecule has 1 aromatic heterocycles. The molecule has 1 heterocycles. The fourth-order valence-corrected chi connectivity index (χ4v) is 2.61. The summed E-state index contributed by atoms with van der Waals surface area (Å²) in [4.78, 5) is 39.1. The quantitative estimate of drug-likeness (QED) is 0.477. The van der Waals surface area contributed by atoms with E-state index >= 15 is 0 Å². The molecule has 0 radical (unpaired) electrons. The minimum atomic E-state index is -1.06. The second-order valence-electron chi connectivity index (χ2n) is 5.94. The van der Waals surface area contributed by atoms with Crippen molar-refractivity contribution in [2.24, 2.45) is 0 Å². The summed E-state index contributed by atoms with van der Waals surface area (Å²) in [6, 6.07) is 5.55. The Kier molecular flexibility index (Phi) is 6.28. The van der Waals surface area contributed by atoms with E-state index in [1.54, 1.807) is 13.8 Å². The van der Waals surface area contributed by atoms with Crippen molar-refractivity contribution in [3.05, 3.63) is 64.2 Å². The number of aromatic nitrogens is 1. The fourth-order valence-electron chi connectivity index (χ4n) is 2.61. The summed E-state index contributed by atoms with van der Waals surface area (Å²) in [5, 5.41) is 0. The van der Waals surface area contributed by atoms with E-state index in [1.165, 1.54) is 44.4 Å². The number of aromatic amines is 1. The summed E-state index contributed by atoms with van der Waals surface area (Å²) >= 11 is 0. The van der Waals surface area contributed by atoms with Gasteiger partial charge in [-0.05, 0) is 50.1 Å². The van der Waals surface area contributed by atoms with Crippen molar-refractivity contribution in [1.82, 2.24) is 4.98 Å². The van der Waals surface area contributed by atoms with Gasteiger partial charge in [0.25, 0.3) is 0 Å². The highest BCUT2D eigenvalue weighted by atomic mass is 19.1. The number of halogens is 1. The predicted octanol–water partition coefficient (Wildman–Crippen LogP) is 3.39. The second-order valence-corrected chi connectivity index (χ2v) is 5.94. The molecule has 0 amide bonds. The van der Waals surface area contributed by atoms with Crippen molar-refractivity contribution in [2.45, 2.75) is 26.9 Å². The molecule has 0 aliphatic heterocycles. The van der Waals surface area contributed by atoms with E-state index < -0.39 is 23.8 Å². The normalized spacial score (nSPS) is 12.0. The van der Waals surface area contributed by atoms with Crippen LogP contribution in [0.4, 0.5) is 4.39 Å². The Morgan fingerprint density at radius 1 is 1.15 bits per heavy atom. The first-order valence-electron chi connectivity index (χ1n) is 8.20. The molecule has 6 nitrogen and oxygen atoms in total. The smallest absolute Gasteiger partial charge is 0.339 e. The van der Waals surface area contributed by atoms with E-state index in [9.17, 15) is 18.8 Å². The number of ether oxygens (including phenoxy) is 2. The zero-order chi connectivity index (χ0) is 20.1. The van der Waals surface area contributed by atoms with Gasteiger partial charge in [0.05, 0.1) is 18.4 Å². The molecular formula is C20H20FNO5. The number of methoxy groups -OCH3 is 1. The molecule has 27 heavy (non-hydrogen) atoms. The van der Waals surface area contributed by atoms with Gasteiger partial charge in [-0.2, -0.15) is 0 Å². The average Bonchev–Trinajstić information content (AvgIpc) is 2.94. The third-order valence-corrected chi connectivity index (χ3v) is 4.02. The maximum atomic E-state index is 12.9. The van der Waals surface area contributed by atoms with E-state index in [2.05, 4.69) is 4.98 Å². The average molecular weight is 373 g/mol. The number of ketones is 1. The molecule has 0 aliphatic carbocycles. The topological polar surface area (TPSA) is 85.5 Å². The molecule has 7 heteroatoms. The molecule has 1 N–H and O–H groups in total. The number of carbonyl (C=O) groups is 3. The molecular weight excluding hydrogens is 353 g/mol. The number of carbonyl (C=O) groups excluding carboxylic acids is 3. The standard InChI is InChI=1S/C20H20FNO5/c1-11-17(20(25)26-4)12(2)22-18(11)19(24)13(3)27-16(23)10-7-14-5-8-15(21)9-6-14/h5-10,13,22H,1-4H3/b10-7+/t13-/m1/s1. The number of nitrogens with one attached hydrogen (secondary N) is 1. The number of aryl methyl sites for hydroxylation is 1. The van der Waals surface area contributed by atoms with Gasteiger partial charge < -0.3 is 14.5 Å². The number of esters is 2. The van der Waals surface area contributed by atoms with Crippen LogP contribution >= 0.6 is 0 Å². The van der Waals surface area contributed by atoms with Crippen LogP contribution in [-0.4, -0.2) is 35.9 Å². The maximum Gasteiger partial charge on any atom is 0.339 e. The lowest BCUT2D eigenvalue weighted by atomic mass is 10.1. The highest BCUT2D eigenvalue weighted by molar-refractivity contribution is 6.04. The van der Waals surface area contributed by atoms with Crippen LogP contribution in [0.25, 0.3) is 6.08 Å². The monoisotopic (exact) mass is 373 g/mol. The molecule has 0 fully saturated rings. The molecule has 2 aromatic rings. The van der Waals surface area contributed by atoms with Crippen LogP contribution in [0.5, 0.6) is 0 Å². The Morgan fingerprint density at radius 2 is 1.78 bits per heavy atom. The van der Waals surface area contributed by atoms with E-state index in [0.717, 1.165) is 6.08 Å². The summed E-state index contributed by atoms with van der Waals surface area (Å²) in [5.41, 5.74) is 2.03. The van der Waals surface area contributed by atoms with Gasteiger partial charge in [0.15, 0.2) is 6.10 Å². The Morgan fingerprint density at radius 3 is 2.37 bits per heavy atom. The van der Waals surface area contributed by atoms with Crippen molar-refractivity contribution < 1.29 is 28.2 Å². The minimum Gasteiger partial charge on any atom is -0.465 e. The van der Waals surface area contributed by atoms with Gasteiger partial charge in [-0.1, -0.05) is 12.1 Å². The molecule has 0 aliphatic rings. The summed E-state index contributed by atoms with van der Waals surface area (Å²) in [6.07, 6.45) is 1.56. The van der Waals surface area contributed by atoms with Crippen molar-refractivity contribution in [3.63, 3.8) is 0 Å². The number of H-pyrrole nitrogens is 1. The second kappa shape index (κ2) is 8.44. The number of hydrogen-bond acceptors (Lipinski definition) is 5. The largest absolute Gasteiger partial charge is 0.465 e. The Hall–Kier alpha value is -3.22. The first kappa shape index (κ1) is 20.1. The van der Waals surface area contributed by atoms with Gasteiger partial charge in [0.2, 0.25) is 5.78 Å². The third-order valence-electron chi connectivity index (χ3n) is 4.02. The fraction of sp³-hybridized carbons (Fsp3) is 0.250. The Balaban J connectivity index is 2.08. The van der Waals surface area contributed by atoms with Crippen LogP contribution in [0.1, 0.15) is 44.6 Å². The molecule has 2 rings (SSSR count). The van der Waals surface area contributed by atoms with Gasteiger partial charge in [0.1, 0.15) is 5.82 Å². The predicted molar refractivity (Wildman–Crippen MR) is 96.9 cm³/mol. The molecule has 0 spiro atoms. The molecule has 1 aromatic carbocycles. The van der Waals surface area contributed by atoms with Crippen molar-refractivity contribution in [3.8, 4) is 0 Å². The molecule has 142 valence electrons. The zero-order valence-electron chi connectivity index (χ0n) is 15.5. The third kappa shape index (κ3) is 4.69. The van der Waals surface area contributed by atoms with Gasteiger partial charge >= 0.3 is 11.9 Å². The van der Waals surface area contributed by atoms with Crippen molar-refractivity contribution >= 4 is 23.8 Å². The van der Waals surface area contributed by atoms with Crippen LogP contribution in [0.3, 0.4) is 0 Å². The number of benzene rings is 1. The summed E-state index contributed by atoms with van der Waals surface area (Å²) in [6.45, 7) is 4.71. The Bertz CT molecular complexity index is 896. The van der Waals surface area contributed by atoms with Gasteiger partial charge in [-0.25, -0.2) is 14.0 Å². The van der Waals surface area contributed by atoms with E-state index in [-0.39, 0.29) is 17.1 Å². The lowest BCUT2D eigenvalue weighted by molar-refractivity contribution is -0.140. The summed E-state index contributed by atoms with van der Waals surface area (Å²) in [5.74, 6) is -2.10. The van der Waals surface area contributed by atoms with Crippen LogP contribution < -0.4 is 0 Å². The highest BCUT2D eigenvalue weighted by Gasteiger charge is 2.26. The van der Waals surface area contributed by atoms with Crippen LogP contribution in [0.15, 0.2) is 30.3 Å². The molecule has 1 atom stereocenters. The van der Waals surface area contributed by atoms with Gasteiger partial charge in [-0.3, -0.25) is 4.79 Å². The maximum absolute atomic E-state index is 12.9. The van der Waals surface area contributed by atoms with Gasteiger partial charge in [0, 0.05) is 11.8 Å². The van der Waals surface area contributed by atoms with Gasteiger partial charge in [-0.15, -0.1) is 0 Å². The molecule has 0 bridgehead atoms. The lowest BCUT2D eigenvalue weighted by Gasteiger charge is -2.10. The highest BCUT2D eigenvalue weighted by Crippen LogP contribution is 2.21. The van der Waals surface area contributed by atoms with Crippen LogP contribution in [0, 0.1) is 19.7 Å². The number of hydrogen-bond donors (Lipinski definition) is 1. The Labute approximate surface area is 156 Å². The first-order chi connectivity index (χ1) is 12.7. The van der Waals surface area contributed by atoms with E-state index in [4.69, 9.17) is 9.47 Å². The number of rotatable bonds is 6. The molecule has 0 unspecified atom stereocenters. The summed E-state index contributed by atoms with van der Waals surface area (Å²) < 4.78 is 22.7. The number of Topliss-reactive ketones (excluding diaryl/α,β-unsaturated/α-hetero) is 1. The zero-order valence-corrected chi connectivity index (χ0v) is 15.5. The van der Waals surface area contributed by atoms with Crippen LogP contribution in [0.2, 0.25) is 0 Å². The summed E-state index contributed by atoms with van der Waals surface area (Å²) in [7, 11) is 1.26. The van der Waals surface area contributed by atoms with Crippen LogP contribution in [-0.2, 0) is 14.3 Å². The van der Waals surface area contributed by atoms with Crippen molar-refractivity contribution in [1.29, 1.82) is 0 Å². The van der Waals surface area contributed by atoms with E-state index in [0.29, 0.717) is 16.8 Å². The first-order valence-corrected chi connectivity index (χ1v) is 8.20. The molecule has 0 saturated heterocycles. The lowest BCUT2D eigenvalue weighted by Crippen LogP contribution is -2.24. The molecule has 0 saturated carbocycles.